The molecule has 0 amide bonds. The summed E-state index contributed by atoms with van der Waals surface area (Å²) < 4.78 is 26.8. The second kappa shape index (κ2) is 6.21. The Labute approximate surface area is 119 Å². The summed E-state index contributed by atoms with van der Waals surface area (Å²) in [6.07, 6.45) is 5.28. The van der Waals surface area contributed by atoms with Crippen LogP contribution in [0.5, 0.6) is 0 Å². The second-order valence-corrected chi connectivity index (χ2v) is 7.15. The standard InChI is InChI=1S/C12H22N4O3S/c1-3-4-16-7-10(5-13-16)6-15-8-11(12(17)9-15)14-20(2,18)19/h5,7,11-12,14,17H,3-4,6,8-9H2,1-2H3/t11-,12-/m1/s1. The van der Waals surface area contributed by atoms with Gasteiger partial charge in [0.15, 0.2) is 0 Å². The Hall–Kier alpha value is -0.960. The summed E-state index contributed by atoms with van der Waals surface area (Å²) in [6.45, 7) is 4.63. The Morgan fingerprint density at radius 2 is 2.25 bits per heavy atom. The zero-order valence-electron chi connectivity index (χ0n) is 11.9. The van der Waals surface area contributed by atoms with E-state index < -0.39 is 22.2 Å². The van der Waals surface area contributed by atoms with Crippen molar-refractivity contribution in [2.24, 2.45) is 0 Å². The first-order valence-electron chi connectivity index (χ1n) is 6.76. The van der Waals surface area contributed by atoms with Gasteiger partial charge in [0.05, 0.1) is 24.6 Å². The lowest BCUT2D eigenvalue weighted by atomic mass is 10.2. The molecule has 1 aromatic heterocycles. The van der Waals surface area contributed by atoms with Crippen LogP contribution in [0.1, 0.15) is 18.9 Å². The molecule has 1 saturated heterocycles. The quantitative estimate of drug-likeness (QED) is 0.732. The fourth-order valence-electron chi connectivity index (χ4n) is 2.48. The summed E-state index contributed by atoms with van der Waals surface area (Å²) in [7, 11) is -3.29. The van der Waals surface area contributed by atoms with Crippen LogP contribution in [-0.4, -0.2) is 59.7 Å². The van der Waals surface area contributed by atoms with Crippen molar-refractivity contribution in [2.45, 2.75) is 38.6 Å². The Balaban J connectivity index is 1.91. The van der Waals surface area contributed by atoms with E-state index in [1.807, 2.05) is 22.0 Å². The van der Waals surface area contributed by atoms with Gasteiger partial charge in [-0.3, -0.25) is 9.58 Å². The topological polar surface area (TPSA) is 87.5 Å². The van der Waals surface area contributed by atoms with Crippen LogP contribution in [0.4, 0.5) is 0 Å². The van der Waals surface area contributed by atoms with Gasteiger partial charge in [-0.25, -0.2) is 13.1 Å². The van der Waals surface area contributed by atoms with Crippen LogP contribution >= 0.6 is 0 Å². The van der Waals surface area contributed by atoms with Crippen LogP contribution in [-0.2, 0) is 23.1 Å². The number of sulfonamides is 1. The zero-order chi connectivity index (χ0) is 14.8. The van der Waals surface area contributed by atoms with Gasteiger partial charge >= 0.3 is 0 Å². The highest BCUT2D eigenvalue weighted by atomic mass is 32.2. The lowest BCUT2D eigenvalue weighted by Gasteiger charge is -2.14. The molecule has 1 aliphatic heterocycles. The largest absolute Gasteiger partial charge is 0.390 e. The molecule has 1 fully saturated rings. The normalized spacial score (nSPS) is 24.4. The average Bonchev–Trinajstić information content (AvgIpc) is 2.86. The second-order valence-electron chi connectivity index (χ2n) is 5.37. The van der Waals surface area contributed by atoms with Gasteiger partial charge in [-0.05, 0) is 6.42 Å². The molecule has 0 radical (unpaired) electrons. The van der Waals surface area contributed by atoms with Gasteiger partial charge < -0.3 is 5.11 Å². The van der Waals surface area contributed by atoms with Crippen LogP contribution in [0.3, 0.4) is 0 Å². The minimum absolute atomic E-state index is 0.435. The highest BCUT2D eigenvalue weighted by Gasteiger charge is 2.33. The molecule has 1 aromatic rings. The molecule has 2 atom stereocenters. The van der Waals surface area contributed by atoms with Gasteiger partial charge in [0, 0.05) is 37.9 Å². The van der Waals surface area contributed by atoms with E-state index in [2.05, 4.69) is 16.7 Å². The molecular weight excluding hydrogens is 280 g/mol. The Kier molecular flexibility index (Phi) is 4.79. The van der Waals surface area contributed by atoms with Crippen molar-refractivity contribution in [3.05, 3.63) is 18.0 Å². The van der Waals surface area contributed by atoms with Gasteiger partial charge in [-0.2, -0.15) is 5.10 Å². The van der Waals surface area contributed by atoms with Gasteiger partial charge in [-0.1, -0.05) is 6.92 Å². The number of hydrogen-bond donors (Lipinski definition) is 2. The van der Waals surface area contributed by atoms with E-state index in [4.69, 9.17) is 0 Å². The summed E-state index contributed by atoms with van der Waals surface area (Å²) in [5, 5.41) is 14.2. The van der Waals surface area contributed by atoms with Crippen molar-refractivity contribution >= 4 is 10.0 Å². The van der Waals surface area contributed by atoms with E-state index >= 15 is 0 Å². The Morgan fingerprint density at radius 1 is 1.50 bits per heavy atom. The number of aliphatic hydroxyl groups excluding tert-OH is 1. The molecule has 0 bridgehead atoms. The summed E-state index contributed by atoms with van der Waals surface area (Å²) in [5.74, 6) is 0. The molecule has 1 aliphatic rings. The Morgan fingerprint density at radius 3 is 2.90 bits per heavy atom. The van der Waals surface area contributed by atoms with Gasteiger partial charge in [0.2, 0.25) is 10.0 Å². The highest BCUT2D eigenvalue weighted by Crippen LogP contribution is 2.14. The molecule has 7 nitrogen and oxygen atoms in total. The van der Waals surface area contributed by atoms with E-state index in [9.17, 15) is 13.5 Å². The molecule has 2 heterocycles. The molecule has 0 aromatic carbocycles. The number of aryl methyl sites for hydroxylation is 1. The first kappa shape index (κ1) is 15.4. The molecule has 0 spiro atoms. The third-order valence-electron chi connectivity index (χ3n) is 3.28. The average molecular weight is 302 g/mol. The number of likely N-dealkylation sites (tertiary alicyclic amines) is 1. The number of β-amino-alcohol motifs (C(OH)–C–C–N with tert-alkyl or cyclic N) is 1. The SMILES string of the molecule is CCCn1cc(CN2C[C@@H](O)[C@H](NS(C)(=O)=O)C2)cn1. The lowest BCUT2D eigenvalue weighted by molar-refractivity contribution is 0.160. The summed E-state index contributed by atoms with van der Waals surface area (Å²) >= 11 is 0. The van der Waals surface area contributed by atoms with E-state index in [-0.39, 0.29) is 0 Å². The summed E-state index contributed by atoms with van der Waals surface area (Å²) in [6, 6.07) is -0.435. The van der Waals surface area contributed by atoms with E-state index in [1.54, 1.807) is 0 Å². The van der Waals surface area contributed by atoms with Gasteiger partial charge in [0.25, 0.3) is 0 Å². The number of aliphatic hydroxyl groups is 1. The van der Waals surface area contributed by atoms with Crippen molar-refractivity contribution in [1.29, 1.82) is 0 Å². The zero-order valence-corrected chi connectivity index (χ0v) is 12.7. The van der Waals surface area contributed by atoms with Gasteiger partial charge in [0.1, 0.15) is 0 Å². The van der Waals surface area contributed by atoms with Crippen molar-refractivity contribution in [1.82, 2.24) is 19.4 Å². The third-order valence-corrected chi connectivity index (χ3v) is 4.01. The van der Waals surface area contributed by atoms with Crippen LogP contribution in [0.15, 0.2) is 12.4 Å². The fraction of sp³-hybridized carbons (Fsp3) is 0.750. The first-order chi connectivity index (χ1) is 9.37. The van der Waals surface area contributed by atoms with Crippen molar-refractivity contribution in [3.8, 4) is 0 Å². The molecule has 114 valence electrons. The van der Waals surface area contributed by atoms with Crippen molar-refractivity contribution < 1.29 is 13.5 Å². The molecule has 0 unspecified atom stereocenters. The summed E-state index contributed by atoms with van der Waals surface area (Å²) in [4.78, 5) is 2.03. The predicted molar refractivity (Wildman–Crippen MR) is 75.6 cm³/mol. The molecule has 20 heavy (non-hydrogen) atoms. The van der Waals surface area contributed by atoms with E-state index in [0.29, 0.717) is 19.6 Å². The lowest BCUT2D eigenvalue weighted by Crippen LogP contribution is -2.42. The number of aromatic nitrogens is 2. The van der Waals surface area contributed by atoms with E-state index in [0.717, 1.165) is 24.8 Å². The van der Waals surface area contributed by atoms with Crippen molar-refractivity contribution in [2.75, 3.05) is 19.3 Å². The maximum atomic E-state index is 11.2. The van der Waals surface area contributed by atoms with Crippen LogP contribution in [0.25, 0.3) is 0 Å². The molecule has 2 N–H and O–H groups in total. The number of nitrogens with zero attached hydrogens (tertiary/aromatic N) is 3. The van der Waals surface area contributed by atoms with Crippen LogP contribution in [0.2, 0.25) is 0 Å². The smallest absolute Gasteiger partial charge is 0.209 e. The monoisotopic (exact) mass is 302 g/mol. The summed E-state index contributed by atoms with van der Waals surface area (Å²) in [5.41, 5.74) is 1.07. The van der Waals surface area contributed by atoms with Gasteiger partial charge in [-0.15, -0.1) is 0 Å². The minimum atomic E-state index is -3.29. The predicted octanol–water partition coefficient (Wildman–Crippen LogP) is -0.613. The van der Waals surface area contributed by atoms with E-state index in [1.165, 1.54) is 0 Å². The maximum Gasteiger partial charge on any atom is 0.209 e. The maximum absolute atomic E-state index is 11.2. The molecule has 8 heteroatoms. The Bertz CT molecular complexity index is 543. The fourth-order valence-corrected chi connectivity index (χ4v) is 3.27. The molecule has 0 aliphatic carbocycles. The van der Waals surface area contributed by atoms with Crippen LogP contribution in [0, 0.1) is 0 Å². The van der Waals surface area contributed by atoms with Crippen molar-refractivity contribution in [3.63, 3.8) is 0 Å². The first-order valence-corrected chi connectivity index (χ1v) is 8.65. The number of rotatable bonds is 6. The van der Waals surface area contributed by atoms with Crippen LogP contribution < -0.4 is 4.72 Å². The number of nitrogens with one attached hydrogen (secondary N) is 1. The highest BCUT2D eigenvalue weighted by molar-refractivity contribution is 7.88. The molecule has 2 rings (SSSR count). The number of hydrogen-bond acceptors (Lipinski definition) is 5. The molecular formula is C12H22N4O3S. The third kappa shape index (κ3) is 4.27. The molecule has 0 saturated carbocycles. The minimum Gasteiger partial charge on any atom is -0.390 e.